The maximum atomic E-state index is 9.74. The predicted molar refractivity (Wildman–Crippen MR) is 118 cm³/mol. The van der Waals surface area contributed by atoms with Crippen molar-refractivity contribution in [3.05, 3.63) is 42.6 Å². The van der Waals surface area contributed by atoms with Crippen molar-refractivity contribution in [2.45, 2.75) is 57.7 Å². The van der Waals surface area contributed by atoms with Crippen LogP contribution >= 0.6 is 0 Å². The molecule has 30 heavy (non-hydrogen) atoms. The van der Waals surface area contributed by atoms with E-state index in [0.717, 1.165) is 53.7 Å². The van der Waals surface area contributed by atoms with E-state index in [9.17, 15) is 5.11 Å². The smallest absolute Gasteiger partial charge is 0.247 e. The summed E-state index contributed by atoms with van der Waals surface area (Å²) in [5.74, 6) is 1.47. The highest BCUT2D eigenvalue weighted by molar-refractivity contribution is 5.83. The molecule has 1 fully saturated rings. The van der Waals surface area contributed by atoms with E-state index < -0.39 is 0 Å². The first-order valence-electron chi connectivity index (χ1n) is 10.6. The SMILES string of the molecule is CC(C)n1ncc2ccc(Nc3nc4cccc(NC5CCC(O)CC5)n4n3)cc21. The molecule has 0 unspecified atom stereocenters. The number of aromatic nitrogens is 5. The van der Waals surface area contributed by atoms with Gasteiger partial charge in [0.1, 0.15) is 5.82 Å². The van der Waals surface area contributed by atoms with Gasteiger partial charge in [-0.2, -0.15) is 14.6 Å². The Hall–Kier alpha value is -3.13. The summed E-state index contributed by atoms with van der Waals surface area (Å²) in [7, 11) is 0. The van der Waals surface area contributed by atoms with Crippen molar-refractivity contribution in [2.75, 3.05) is 10.6 Å². The Morgan fingerprint density at radius 3 is 2.73 bits per heavy atom. The minimum Gasteiger partial charge on any atom is -0.393 e. The average Bonchev–Trinajstić information content (AvgIpc) is 3.33. The van der Waals surface area contributed by atoms with E-state index in [0.29, 0.717) is 18.0 Å². The Morgan fingerprint density at radius 1 is 1.10 bits per heavy atom. The summed E-state index contributed by atoms with van der Waals surface area (Å²) < 4.78 is 3.85. The highest BCUT2D eigenvalue weighted by Crippen LogP contribution is 2.25. The zero-order valence-electron chi connectivity index (χ0n) is 17.3. The number of nitrogens with zero attached hydrogens (tertiary/aromatic N) is 5. The molecule has 3 aromatic heterocycles. The molecule has 0 atom stereocenters. The third-order valence-corrected chi connectivity index (χ3v) is 5.75. The molecular weight excluding hydrogens is 378 g/mol. The molecule has 3 N–H and O–H groups in total. The molecule has 8 heteroatoms. The fraction of sp³-hybridized carbons (Fsp3) is 0.409. The third kappa shape index (κ3) is 3.59. The van der Waals surface area contributed by atoms with Crippen LogP contribution < -0.4 is 10.6 Å². The van der Waals surface area contributed by atoms with Gasteiger partial charge in [-0.15, -0.1) is 5.10 Å². The summed E-state index contributed by atoms with van der Waals surface area (Å²) in [4.78, 5) is 4.64. The van der Waals surface area contributed by atoms with Gasteiger partial charge in [0.15, 0.2) is 5.65 Å². The molecule has 1 saturated carbocycles. The standard InChI is InChI=1S/C22H27N7O/c1-14(2)28-19-12-17(7-6-15(19)13-23-28)25-22-26-21-5-3-4-20(29(21)27-22)24-16-8-10-18(30)11-9-16/h3-7,12-14,16,18,24,30H,8-11H2,1-2H3,(H,25,27). The molecule has 0 saturated heterocycles. The average molecular weight is 406 g/mol. The predicted octanol–water partition coefficient (Wildman–Crippen LogP) is 4.12. The van der Waals surface area contributed by atoms with Gasteiger partial charge in [0.2, 0.25) is 5.95 Å². The van der Waals surface area contributed by atoms with Gasteiger partial charge < -0.3 is 15.7 Å². The molecular formula is C22H27N7O. The highest BCUT2D eigenvalue weighted by atomic mass is 16.3. The monoisotopic (exact) mass is 405 g/mol. The molecule has 0 spiro atoms. The molecule has 1 aromatic carbocycles. The van der Waals surface area contributed by atoms with E-state index in [2.05, 4.69) is 51.8 Å². The Balaban J connectivity index is 1.40. The number of fused-ring (bicyclic) bond motifs is 2. The summed E-state index contributed by atoms with van der Waals surface area (Å²) in [6, 6.07) is 12.8. The Bertz CT molecular complexity index is 1170. The fourth-order valence-electron chi connectivity index (χ4n) is 4.15. The van der Waals surface area contributed by atoms with Crippen LogP contribution in [0.4, 0.5) is 17.5 Å². The molecule has 0 aliphatic heterocycles. The van der Waals surface area contributed by atoms with Crippen molar-refractivity contribution in [3.63, 3.8) is 0 Å². The molecule has 156 valence electrons. The lowest BCUT2D eigenvalue weighted by molar-refractivity contribution is 0.126. The molecule has 4 aromatic rings. The number of benzene rings is 1. The molecule has 8 nitrogen and oxygen atoms in total. The lowest BCUT2D eigenvalue weighted by Crippen LogP contribution is -2.29. The minimum absolute atomic E-state index is 0.162. The van der Waals surface area contributed by atoms with Crippen LogP contribution in [0.5, 0.6) is 0 Å². The first-order valence-corrected chi connectivity index (χ1v) is 10.6. The molecule has 3 heterocycles. The third-order valence-electron chi connectivity index (χ3n) is 5.75. The number of rotatable bonds is 5. The number of hydrogen-bond donors (Lipinski definition) is 3. The Kier molecular flexibility index (Phi) is 4.78. The number of hydrogen-bond acceptors (Lipinski definition) is 6. The lowest BCUT2D eigenvalue weighted by Gasteiger charge is -2.26. The Labute approximate surface area is 174 Å². The van der Waals surface area contributed by atoms with Crippen LogP contribution in [0, 0.1) is 0 Å². The van der Waals surface area contributed by atoms with Gasteiger partial charge in [0, 0.05) is 23.2 Å². The second kappa shape index (κ2) is 7.60. The van der Waals surface area contributed by atoms with Crippen LogP contribution in [-0.2, 0) is 0 Å². The van der Waals surface area contributed by atoms with Gasteiger partial charge in [0.05, 0.1) is 17.8 Å². The van der Waals surface area contributed by atoms with Crippen molar-refractivity contribution in [3.8, 4) is 0 Å². The van der Waals surface area contributed by atoms with Gasteiger partial charge in [-0.1, -0.05) is 6.07 Å². The second-order valence-corrected chi connectivity index (χ2v) is 8.35. The van der Waals surface area contributed by atoms with Crippen LogP contribution in [-0.4, -0.2) is 41.6 Å². The van der Waals surface area contributed by atoms with E-state index in [1.54, 1.807) is 0 Å². The van der Waals surface area contributed by atoms with E-state index in [1.165, 1.54) is 0 Å². The molecule has 0 bridgehead atoms. The van der Waals surface area contributed by atoms with Crippen LogP contribution in [0.25, 0.3) is 16.6 Å². The van der Waals surface area contributed by atoms with Gasteiger partial charge in [-0.3, -0.25) is 4.68 Å². The van der Waals surface area contributed by atoms with Crippen molar-refractivity contribution in [1.29, 1.82) is 0 Å². The number of nitrogens with one attached hydrogen (secondary N) is 2. The number of aliphatic hydroxyl groups is 1. The van der Waals surface area contributed by atoms with Crippen LogP contribution in [0.2, 0.25) is 0 Å². The van der Waals surface area contributed by atoms with Crippen LogP contribution in [0.15, 0.2) is 42.6 Å². The van der Waals surface area contributed by atoms with Crippen molar-refractivity contribution < 1.29 is 5.11 Å². The second-order valence-electron chi connectivity index (χ2n) is 8.35. The van der Waals surface area contributed by atoms with Gasteiger partial charge >= 0.3 is 0 Å². The van der Waals surface area contributed by atoms with Crippen LogP contribution in [0.3, 0.4) is 0 Å². The Morgan fingerprint density at radius 2 is 1.93 bits per heavy atom. The molecule has 5 rings (SSSR count). The van der Waals surface area contributed by atoms with E-state index in [4.69, 9.17) is 0 Å². The van der Waals surface area contributed by atoms with Gasteiger partial charge in [-0.05, 0) is 69.9 Å². The summed E-state index contributed by atoms with van der Waals surface area (Å²) in [6.45, 7) is 4.25. The number of aliphatic hydroxyl groups excluding tert-OH is 1. The summed E-state index contributed by atoms with van der Waals surface area (Å²) in [5.41, 5.74) is 2.80. The normalized spacial score (nSPS) is 19.6. The maximum absolute atomic E-state index is 9.74. The lowest BCUT2D eigenvalue weighted by atomic mass is 9.93. The molecule has 0 radical (unpaired) electrons. The van der Waals surface area contributed by atoms with Crippen molar-refractivity contribution in [2.24, 2.45) is 0 Å². The highest BCUT2D eigenvalue weighted by Gasteiger charge is 2.20. The topological polar surface area (TPSA) is 92.3 Å². The van der Waals surface area contributed by atoms with E-state index in [-0.39, 0.29) is 6.10 Å². The summed E-state index contributed by atoms with van der Waals surface area (Å²) >= 11 is 0. The number of anilines is 3. The van der Waals surface area contributed by atoms with Crippen molar-refractivity contribution >= 4 is 34.0 Å². The first-order chi connectivity index (χ1) is 14.6. The zero-order valence-corrected chi connectivity index (χ0v) is 17.3. The molecule has 1 aliphatic rings. The maximum Gasteiger partial charge on any atom is 0.247 e. The van der Waals surface area contributed by atoms with E-state index in [1.807, 2.05) is 39.7 Å². The fourth-order valence-corrected chi connectivity index (χ4v) is 4.15. The molecule has 1 aliphatic carbocycles. The largest absolute Gasteiger partial charge is 0.393 e. The minimum atomic E-state index is -0.162. The first kappa shape index (κ1) is 18.9. The molecule has 0 amide bonds. The van der Waals surface area contributed by atoms with Crippen molar-refractivity contribution in [1.82, 2.24) is 24.4 Å². The van der Waals surface area contributed by atoms with Crippen LogP contribution in [0.1, 0.15) is 45.6 Å². The summed E-state index contributed by atoms with van der Waals surface area (Å²) in [6.07, 6.45) is 5.33. The van der Waals surface area contributed by atoms with E-state index >= 15 is 0 Å². The quantitative estimate of drug-likeness (QED) is 0.463. The van der Waals surface area contributed by atoms with Gasteiger partial charge in [-0.25, -0.2) is 0 Å². The van der Waals surface area contributed by atoms with Gasteiger partial charge in [0.25, 0.3) is 0 Å². The summed E-state index contributed by atoms with van der Waals surface area (Å²) in [5, 5.41) is 26.9. The zero-order chi connectivity index (χ0) is 20.7. The number of pyridine rings is 1.